The van der Waals surface area contributed by atoms with Crippen molar-refractivity contribution in [3.63, 3.8) is 0 Å². The van der Waals surface area contributed by atoms with E-state index in [1.807, 2.05) is 20.8 Å². The lowest BCUT2D eigenvalue weighted by Gasteiger charge is -2.28. The molecular weight excluding hydrogens is 508 g/mol. The molecule has 0 aromatic rings. The molecule has 39 heavy (non-hydrogen) atoms. The maximum absolute atomic E-state index is 13.3. The number of rotatable bonds is 19. The molecule has 0 radical (unpaired) electrons. The smallest absolute Gasteiger partial charge is 0.326 e. The van der Waals surface area contributed by atoms with Gasteiger partial charge in [0, 0.05) is 13.1 Å². The summed E-state index contributed by atoms with van der Waals surface area (Å²) < 4.78 is 0. The number of guanidine groups is 2. The Kier molecular flexibility index (Phi) is 16.9. The molecule has 0 saturated carbocycles. The molecule has 0 aromatic carbocycles. The third-order valence-electron chi connectivity index (χ3n) is 6.00. The predicted octanol–water partition coefficient (Wildman–Crippen LogP) is -1.95. The molecular formula is C24H48N10O5. The van der Waals surface area contributed by atoms with E-state index in [1.54, 1.807) is 6.92 Å². The molecule has 0 aliphatic rings. The summed E-state index contributed by atoms with van der Waals surface area (Å²) in [6.07, 6.45) is 2.00. The minimum atomic E-state index is -1.16. The van der Waals surface area contributed by atoms with Gasteiger partial charge in [0.2, 0.25) is 17.7 Å². The van der Waals surface area contributed by atoms with Crippen molar-refractivity contribution in [3.8, 4) is 0 Å². The lowest BCUT2D eigenvalue weighted by molar-refractivity contribution is -0.143. The summed E-state index contributed by atoms with van der Waals surface area (Å²) in [5.41, 5.74) is 27.3. The Bertz CT molecular complexity index is 856. The van der Waals surface area contributed by atoms with Gasteiger partial charge in [-0.25, -0.2) is 4.79 Å². The molecule has 3 amide bonds. The Balaban J connectivity index is 5.62. The molecule has 0 rings (SSSR count). The van der Waals surface area contributed by atoms with Crippen LogP contribution in [0.25, 0.3) is 0 Å². The Labute approximate surface area is 230 Å². The number of hydrogen-bond acceptors (Lipinski definition) is 7. The molecule has 0 spiro atoms. The number of carbonyl (C=O) groups excluding carboxylic acids is 3. The van der Waals surface area contributed by atoms with Crippen LogP contribution in [0.1, 0.15) is 66.2 Å². The highest BCUT2D eigenvalue weighted by Crippen LogP contribution is 2.12. The summed E-state index contributed by atoms with van der Waals surface area (Å²) in [7, 11) is 0. The third kappa shape index (κ3) is 15.4. The zero-order valence-electron chi connectivity index (χ0n) is 23.5. The van der Waals surface area contributed by atoms with E-state index in [9.17, 15) is 24.3 Å². The van der Waals surface area contributed by atoms with Crippen LogP contribution >= 0.6 is 0 Å². The molecule has 0 aromatic heterocycles. The number of nitrogens with one attached hydrogen (secondary N) is 3. The van der Waals surface area contributed by atoms with Crippen molar-refractivity contribution in [2.24, 2.45) is 50.5 Å². The standard InChI is InChI=1S/C24H48N10O5/c1-5-14(4)18(21(37)33-17(22(38)39)12-13(2)3)34-20(36)16(9-7-11-31-24(28)29)32-19(35)15(25)8-6-10-30-23(26)27/h13-18H,5-12,25H2,1-4H3,(H,32,35)(H,33,37)(H,34,36)(H,38,39)(H4,26,27,30)(H4,28,29,31)/t14-,15-,16-,17-,18-/m0/s1. The van der Waals surface area contributed by atoms with Crippen LogP contribution in [-0.4, -0.2) is 78.0 Å². The molecule has 0 unspecified atom stereocenters. The molecule has 0 aliphatic heterocycles. The number of aliphatic carboxylic acids is 1. The summed E-state index contributed by atoms with van der Waals surface area (Å²) in [6, 6.07) is -4.09. The van der Waals surface area contributed by atoms with Gasteiger partial charge in [-0.05, 0) is 43.9 Å². The van der Waals surface area contributed by atoms with Gasteiger partial charge < -0.3 is 49.7 Å². The molecule has 224 valence electrons. The number of amides is 3. The summed E-state index contributed by atoms with van der Waals surface area (Å²) in [5, 5.41) is 17.4. The van der Waals surface area contributed by atoms with Crippen molar-refractivity contribution in [2.45, 2.75) is 90.4 Å². The first-order valence-corrected chi connectivity index (χ1v) is 13.2. The number of carbonyl (C=O) groups is 4. The van der Waals surface area contributed by atoms with Crippen molar-refractivity contribution >= 4 is 35.6 Å². The van der Waals surface area contributed by atoms with Crippen LogP contribution < -0.4 is 44.6 Å². The molecule has 15 heteroatoms. The fourth-order valence-electron chi connectivity index (χ4n) is 3.61. The highest BCUT2D eigenvalue weighted by atomic mass is 16.4. The number of aliphatic imine (C=N–C) groups is 2. The van der Waals surface area contributed by atoms with Gasteiger partial charge in [0.25, 0.3) is 0 Å². The molecule has 0 aliphatic carbocycles. The average Bonchev–Trinajstić information content (AvgIpc) is 2.84. The SMILES string of the molecule is CC[C@H](C)[C@H](NC(=O)[C@H](CCCN=C(N)N)NC(=O)[C@@H](N)CCCN=C(N)N)C(=O)N[C@@H](CC(C)C)C(=O)O. The molecule has 14 N–H and O–H groups in total. The van der Waals surface area contributed by atoms with E-state index < -0.39 is 47.9 Å². The highest BCUT2D eigenvalue weighted by Gasteiger charge is 2.32. The maximum atomic E-state index is 13.3. The second kappa shape index (κ2) is 18.6. The Morgan fingerprint density at radius 3 is 1.74 bits per heavy atom. The van der Waals surface area contributed by atoms with E-state index in [2.05, 4.69) is 25.9 Å². The maximum Gasteiger partial charge on any atom is 0.326 e. The van der Waals surface area contributed by atoms with Crippen molar-refractivity contribution in [1.82, 2.24) is 16.0 Å². The summed E-state index contributed by atoms with van der Waals surface area (Å²) in [5.74, 6) is -3.42. The summed E-state index contributed by atoms with van der Waals surface area (Å²) in [6.45, 7) is 7.81. The van der Waals surface area contributed by atoms with Crippen LogP contribution in [0.5, 0.6) is 0 Å². The highest BCUT2D eigenvalue weighted by molar-refractivity contribution is 5.94. The number of nitrogens with two attached hydrogens (primary N) is 5. The number of nitrogens with zero attached hydrogens (tertiary/aromatic N) is 2. The molecule has 0 saturated heterocycles. The quantitative estimate of drug-likeness (QED) is 0.0481. The van der Waals surface area contributed by atoms with Gasteiger partial charge in [-0.2, -0.15) is 0 Å². The minimum absolute atomic E-state index is 0.0246. The van der Waals surface area contributed by atoms with E-state index >= 15 is 0 Å². The Hall–Kier alpha value is -3.62. The van der Waals surface area contributed by atoms with Crippen molar-refractivity contribution in [2.75, 3.05) is 13.1 Å². The number of hydrogen-bond donors (Lipinski definition) is 9. The predicted molar refractivity (Wildman–Crippen MR) is 150 cm³/mol. The lowest BCUT2D eigenvalue weighted by Crippen LogP contribution is -2.58. The molecule has 15 nitrogen and oxygen atoms in total. The first-order valence-electron chi connectivity index (χ1n) is 13.2. The van der Waals surface area contributed by atoms with E-state index in [4.69, 9.17) is 28.7 Å². The summed E-state index contributed by atoms with van der Waals surface area (Å²) in [4.78, 5) is 58.5. The van der Waals surface area contributed by atoms with E-state index in [0.717, 1.165) is 0 Å². The van der Waals surface area contributed by atoms with Crippen molar-refractivity contribution in [3.05, 3.63) is 0 Å². The first kappa shape index (κ1) is 35.4. The molecule has 5 atom stereocenters. The van der Waals surface area contributed by atoms with Crippen LogP contribution in [0.2, 0.25) is 0 Å². The van der Waals surface area contributed by atoms with Crippen LogP contribution in [-0.2, 0) is 19.2 Å². The zero-order chi connectivity index (χ0) is 30.1. The van der Waals surface area contributed by atoms with Crippen LogP contribution in [0.15, 0.2) is 9.98 Å². The molecule has 0 bridgehead atoms. The van der Waals surface area contributed by atoms with E-state index in [-0.39, 0.29) is 49.6 Å². The normalized spacial score (nSPS) is 14.7. The third-order valence-corrected chi connectivity index (χ3v) is 6.00. The van der Waals surface area contributed by atoms with Gasteiger partial charge in [0.1, 0.15) is 18.1 Å². The fourth-order valence-corrected chi connectivity index (χ4v) is 3.61. The first-order chi connectivity index (χ1) is 18.2. The number of carboxylic acid groups (broad SMARTS) is 1. The van der Waals surface area contributed by atoms with Crippen LogP contribution in [0.4, 0.5) is 0 Å². The minimum Gasteiger partial charge on any atom is -0.480 e. The van der Waals surface area contributed by atoms with Crippen molar-refractivity contribution in [1.29, 1.82) is 0 Å². The second-order valence-corrected chi connectivity index (χ2v) is 9.97. The Morgan fingerprint density at radius 2 is 1.28 bits per heavy atom. The van der Waals surface area contributed by atoms with Gasteiger partial charge in [0.15, 0.2) is 11.9 Å². The lowest BCUT2D eigenvalue weighted by atomic mass is 9.96. The number of carboxylic acids is 1. The van der Waals surface area contributed by atoms with E-state index in [1.165, 1.54) is 0 Å². The zero-order valence-corrected chi connectivity index (χ0v) is 23.5. The van der Waals surface area contributed by atoms with E-state index in [0.29, 0.717) is 25.8 Å². The largest absolute Gasteiger partial charge is 0.480 e. The summed E-state index contributed by atoms with van der Waals surface area (Å²) >= 11 is 0. The van der Waals surface area contributed by atoms with Gasteiger partial charge in [-0.3, -0.25) is 24.4 Å². The van der Waals surface area contributed by atoms with Gasteiger partial charge in [0.05, 0.1) is 6.04 Å². The van der Waals surface area contributed by atoms with Gasteiger partial charge >= 0.3 is 5.97 Å². The Morgan fingerprint density at radius 1 is 0.769 bits per heavy atom. The molecule has 0 heterocycles. The van der Waals surface area contributed by atoms with Crippen molar-refractivity contribution < 1.29 is 24.3 Å². The van der Waals surface area contributed by atoms with Crippen LogP contribution in [0, 0.1) is 11.8 Å². The average molecular weight is 557 g/mol. The van der Waals surface area contributed by atoms with Gasteiger partial charge in [-0.15, -0.1) is 0 Å². The van der Waals surface area contributed by atoms with Gasteiger partial charge in [-0.1, -0.05) is 34.1 Å². The monoisotopic (exact) mass is 556 g/mol. The molecule has 0 fully saturated rings. The topological polar surface area (TPSA) is 279 Å². The second-order valence-electron chi connectivity index (χ2n) is 9.97. The fraction of sp³-hybridized carbons (Fsp3) is 0.750. The van der Waals surface area contributed by atoms with Crippen LogP contribution in [0.3, 0.4) is 0 Å².